The Hall–Kier alpha value is -2.28. The van der Waals surface area contributed by atoms with Crippen molar-refractivity contribution in [3.8, 4) is 12.3 Å². The highest BCUT2D eigenvalue weighted by molar-refractivity contribution is 6.03. The smallest absolute Gasteiger partial charge is 0.338 e. The minimum absolute atomic E-state index is 0.102. The molecule has 82 valence electrons. The largest absolute Gasteiger partial charge is 0.465 e. The molecule has 1 aromatic carbocycles. The van der Waals surface area contributed by atoms with Gasteiger partial charge < -0.3 is 9.47 Å². The SMILES string of the molecule is C#Cc1ccc(C(=O)OC)c(C(=O)OC)c1. The fraction of sp³-hybridized carbons (Fsp3) is 0.167. The van der Waals surface area contributed by atoms with Crippen LogP contribution in [-0.4, -0.2) is 26.2 Å². The van der Waals surface area contributed by atoms with Crippen LogP contribution in [0.4, 0.5) is 0 Å². The number of esters is 2. The van der Waals surface area contributed by atoms with Crippen LogP contribution in [0.2, 0.25) is 0 Å². The van der Waals surface area contributed by atoms with Crippen molar-refractivity contribution in [2.75, 3.05) is 14.2 Å². The van der Waals surface area contributed by atoms with Crippen LogP contribution in [-0.2, 0) is 9.47 Å². The summed E-state index contributed by atoms with van der Waals surface area (Å²) < 4.78 is 9.10. The first kappa shape index (κ1) is 11.8. The molecule has 0 aliphatic heterocycles. The van der Waals surface area contributed by atoms with E-state index in [0.29, 0.717) is 5.56 Å². The molecule has 0 unspecified atom stereocenters. The second kappa shape index (κ2) is 4.99. The predicted octanol–water partition coefficient (Wildman–Crippen LogP) is 1.24. The minimum atomic E-state index is -0.627. The van der Waals surface area contributed by atoms with Crippen LogP contribution in [0.5, 0.6) is 0 Å². The van der Waals surface area contributed by atoms with Gasteiger partial charge in [-0.15, -0.1) is 6.42 Å². The molecule has 0 radical (unpaired) electrons. The zero-order chi connectivity index (χ0) is 12.1. The molecule has 0 saturated heterocycles. The first-order valence-electron chi connectivity index (χ1n) is 4.41. The van der Waals surface area contributed by atoms with Crippen molar-refractivity contribution in [2.45, 2.75) is 0 Å². The number of rotatable bonds is 2. The van der Waals surface area contributed by atoms with E-state index in [2.05, 4.69) is 15.4 Å². The summed E-state index contributed by atoms with van der Waals surface area (Å²) in [6, 6.07) is 4.41. The van der Waals surface area contributed by atoms with Crippen LogP contribution in [0.3, 0.4) is 0 Å². The lowest BCUT2D eigenvalue weighted by Crippen LogP contribution is -2.11. The maximum atomic E-state index is 11.4. The molecule has 16 heavy (non-hydrogen) atoms. The Kier molecular flexibility index (Phi) is 3.67. The summed E-state index contributed by atoms with van der Waals surface area (Å²) in [5.74, 6) is 1.14. The highest BCUT2D eigenvalue weighted by Crippen LogP contribution is 2.14. The first-order chi connectivity index (χ1) is 7.63. The maximum absolute atomic E-state index is 11.4. The molecular formula is C12H10O4. The fourth-order valence-electron chi connectivity index (χ4n) is 1.20. The monoisotopic (exact) mass is 218 g/mol. The lowest BCUT2D eigenvalue weighted by molar-refractivity contribution is 0.0555. The maximum Gasteiger partial charge on any atom is 0.338 e. The number of carbonyl (C=O) groups excluding carboxylic acids is 2. The zero-order valence-corrected chi connectivity index (χ0v) is 8.94. The molecular weight excluding hydrogens is 208 g/mol. The molecule has 1 rings (SSSR count). The quantitative estimate of drug-likeness (QED) is 0.553. The standard InChI is InChI=1S/C12H10O4/c1-4-8-5-6-9(11(13)15-2)10(7-8)12(14)16-3/h1,5-7H,2-3H3. The van der Waals surface area contributed by atoms with Gasteiger partial charge in [0.05, 0.1) is 25.3 Å². The predicted molar refractivity (Wildman–Crippen MR) is 57.1 cm³/mol. The Bertz CT molecular complexity index is 468. The van der Waals surface area contributed by atoms with E-state index in [1.165, 1.54) is 26.4 Å². The number of ether oxygens (including phenoxy) is 2. The van der Waals surface area contributed by atoms with Gasteiger partial charge in [0.2, 0.25) is 0 Å². The number of methoxy groups -OCH3 is 2. The summed E-state index contributed by atoms with van der Waals surface area (Å²) in [7, 11) is 2.46. The number of hydrogen-bond donors (Lipinski definition) is 0. The Labute approximate surface area is 93.2 Å². The van der Waals surface area contributed by atoms with Crippen LogP contribution < -0.4 is 0 Å². The lowest BCUT2D eigenvalue weighted by Gasteiger charge is -2.06. The molecule has 0 aliphatic rings. The molecule has 0 atom stereocenters. The average molecular weight is 218 g/mol. The molecule has 0 N–H and O–H groups in total. The van der Waals surface area contributed by atoms with Crippen LogP contribution in [0.25, 0.3) is 0 Å². The number of hydrogen-bond acceptors (Lipinski definition) is 4. The molecule has 1 aromatic rings. The third-order valence-corrected chi connectivity index (χ3v) is 2.00. The van der Waals surface area contributed by atoms with Gasteiger partial charge >= 0.3 is 11.9 Å². The molecule has 4 nitrogen and oxygen atoms in total. The van der Waals surface area contributed by atoms with Gasteiger partial charge in [-0.2, -0.15) is 0 Å². The van der Waals surface area contributed by atoms with Gasteiger partial charge in [-0.25, -0.2) is 9.59 Å². The second-order valence-electron chi connectivity index (χ2n) is 2.89. The Morgan fingerprint density at radius 2 is 1.69 bits per heavy atom. The zero-order valence-electron chi connectivity index (χ0n) is 8.94. The van der Waals surface area contributed by atoms with Gasteiger partial charge in [-0.1, -0.05) is 5.92 Å². The van der Waals surface area contributed by atoms with Gasteiger partial charge in [0, 0.05) is 5.56 Å². The highest BCUT2D eigenvalue weighted by atomic mass is 16.5. The summed E-state index contributed by atoms with van der Waals surface area (Å²) in [4.78, 5) is 22.8. The van der Waals surface area contributed by atoms with Gasteiger partial charge in [0.15, 0.2) is 0 Å². The summed E-state index contributed by atoms with van der Waals surface area (Å²) in [6.45, 7) is 0. The average Bonchev–Trinajstić information content (AvgIpc) is 2.36. The number of terminal acetylenes is 1. The molecule has 0 saturated carbocycles. The van der Waals surface area contributed by atoms with Gasteiger partial charge in [0.1, 0.15) is 0 Å². The van der Waals surface area contributed by atoms with Crippen LogP contribution in [0.15, 0.2) is 18.2 Å². The van der Waals surface area contributed by atoms with Crippen molar-refractivity contribution in [3.05, 3.63) is 34.9 Å². The van der Waals surface area contributed by atoms with Crippen molar-refractivity contribution >= 4 is 11.9 Å². The number of carbonyl (C=O) groups is 2. The van der Waals surface area contributed by atoms with E-state index >= 15 is 0 Å². The van der Waals surface area contributed by atoms with Crippen LogP contribution >= 0.6 is 0 Å². The highest BCUT2D eigenvalue weighted by Gasteiger charge is 2.18. The van der Waals surface area contributed by atoms with E-state index in [-0.39, 0.29) is 11.1 Å². The van der Waals surface area contributed by atoms with Crippen molar-refractivity contribution in [3.63, 3.8) is 0 Å². The Balaban J connectivity index is 3.34. The summed E-state index contributed by atoms with van der Waals surface area (Å²) in [5, 5.41) is 0. The minimum Gasteiger partial charge on any atom is -0.465 e. The summed E-state index contributed by atoms with van der Waals surface area (Å²) in [5.41, 5.74) is 0.728. The molecule has 0 aromatic heterocycles. The van der Waals surface area contributed by atoms with Gasteiger partial charge in [-0.05, 0) is 18.2 Å². The Morgan fingerprint density at radius 1 is 1.12 bits per heavy atom. The molecule has 0 amide bonds. The normalized spacial score (nSPS) is 9.06. The molecule has 0 spiro atoms. The first-order valence-corrected chi connectivity index (χ1v) is 4.41. The van der Waals surface area contributed by atoms with Crippen LogP contribution in [0.1, 0.15) is 26.3 Å². The second-order valence-corrected chi connectivity index (χ2v) is 2.89. The van der Waals surface area contributed by atoms with Crippen molar-refractivity contribution in [1.29, 1.82) is 0 Å². The molecule has 0 fully saturated rings. The summed E-state index contributed by atoms with van der Waals surface area (Å²) >= 11 is 0. The number of benzene rings is 1. The summed E-state index contributed by atoms with van der Waals surface area (Å²) in [6.07, 6.45) is 5.20. The fourth-order valence-corrected chi connectivity index (χ4v) is 1.20. The van der Waals surface area contributed by atoms with Crippen molar-refractivity contribution < 1.29 is 19.1 Å². The van der Waals surface area contributed by atoms with Crippen molar-refractivity contribution in [2.24, 2.45) is 0 Å². The van der Waals surface area contributed by atoms with E-state index in [1.54, 1.807) is 6.07 Å². The van der Waals surface area contributed by atoms with E-state index in [4.69, 9.17) is 6.42 Å². The molecule has 0 heterocycles. The van der Waals surface area contributed by atoms with Gasteiger partial charge in [-0.3, -0.25) is 0 Å². The van der Waals surface area contributed by atoms with E-state index < -0.39 is 11.9 Å². The molecule has 4 heteroatoms. The third-order valence-electron chi connectivity index (χ3n) is 2.00. The van der Waals surface area contributed by atoms with E-state index in [0.717, 1.165) is 0 Å². The van der Waals surface area contributed by atoms with E-state index in [9.17, 15) is 9.59 Å². The third kappa shape index (κ3) is 2.20. The van der Waals surface area contributed by atoms with Gasteiger partial charge in [0.25, 0.3) is 0 Å². The van der Waals surface area contributed by atoms with E-state index in [1.807, 2.05) is 0 Å². The molecule has 0 bridgehead atoms. The van der Waals surface area contributed by atoms with Crippen LogP contribution in [0, 0.1) is 12.3 Å². The lowest BCUT2D eigenvalue weighted by atomic mass is 10.0. The topological polar surface area (TPSA) is 52.6 Å². The Morgan fingerprint density at radius 3 is 2.19 bits per heavy atom. The molecule has 0 aliphatic carbocycles. The van der Waals surface area contributed by atoms with Crippen molar-refractivity contribution in [1.82, 2.24) is 0 Å².